The van der Waals surface area contributed by atoms with Gasteiger partial charge in [-0.1, -0.05) is 166 Å². The number of esters is 4. The summed E-state index contributed by atoms with van der Waals surface area (Å²) in [5.74, 6) is 2.03. The van der Waals surface area contributed by atoms with Crippen LogP contribution in [0.1, 0.15) is 188 Å². The number of allylic oxidation sites excluding steroid dienone is 2. The van der Waals surface area contributed by atoms with Gasteiger partial charge in [0.05, 0.1) is 92.5 Å². The van der Waals surface area contributed by atoms with E-state index in [1.165, 1.54) is 108 Å². The van der Waals surface area contributed by atoms with E-state index in [-0.39, 0.29) is 26.4 Å². The standard InChI is InChI=1S/C27H40O3.C19H40O3.C19H36O3.C14H22O11/c1-3-4-7-16-26(24-12-8-5-9-13-24)23-27(25-14-10-6-11-15-25)17-18-29-21-22-30-20-19-28-2;2*1-6-17(4)15-19(8-3)16-18(7-2)9-10-21-13-14-22-12-11-20-5;1-9(24-11(17)7-15)13(19)22-5-3-21-4-6-23-14(20)10(2)25-12(18)8-16/h5-6,8-15,26-27H,3-4,7,16-23H2,1-2H3;17-19H,6-16H2,1-5H3;7-8,17-19H,2-3,6,9-16H2,1,4-5H3;9-10,15-16H,3-8H2,1-2H3. The normalized spacial score (nSPS) is 14.1. The number of unbranched alkanes of at least 4 members (excludes halogenated alkanes) is 2. The summed E-state index contributed by atoms with van der Waals surface area (Å²) < 4.78 is 71.9. The minimum absolute atomic E-state index is 0.0129. The molecular weight excluding hydrogens is 1270 g/mol. The molecule has 0 heterocycles. The second-order valence-electron chi connectivity index (χ2n) is 25.0. The lowest BCUT2D eigenvalue weighted by molar-refractivity contribution is -0.170. The average molecular weight is 1410 g/mol. The van der Waals surface area contributed by atoms with Crippen LogP contribution in [0.25, 0.3) is 0 Å². The molecular formula is C79H138O20. The topological polar surface area (TPSA) is 238 Å². The Balaban J connectivity index is 0. The van der Waals surface area contributed by atoms with Gasteiger partial charge in [0.15, 0.2) is 12.2 Å². The van der Waals surface area contributed by atoms with Crippen LogP contribution in [0.4, 0.5) is 0 Å². The molecule has 0 aliphatic carbocycles. The first kappa shape index (κ1) is 96.4. The Morgan fingerprint density at radius 2 is 0.768 bits per heavy atom. The van der Waals surface area contributed by atoms with E-state index in [1.54, 1.807) is 21.3 Å². The van der Waals surface area contributed by atoms with Gasteiger partial charge in [-0.05, 0) is 130 Å². The molecule has 10 unspecified atom stereocenters. The highest BCUT2D eigenvalue weighted by atomic mass is 16.6. The molecule has 574 valence electrons. The molecule has 0 bridgehead atoms. The summed E-state index contributed by atoms with van der Waals surface area (Å²) in [6, 6.07) is 22.0. The zero-order chi connectivity index (χ0) is 73.8. The number of hydrogen-bond acceptors (Lipinski definition) is 20. The van der Waals surface area contributed by atoms with Crippen LogP contribution in [-0.2, 0) is 85.5 Å². The minimum Gasteiger partial charge on any atom is -0.461 e. The molecule has 99 heavy (non-hydrogen) atoms. The maximum atomic E-state index is 11.4. The number of methoxy groups -OCH3 is 3. The fourth-order valence-corrected chi connectivity index (χ4v) is 10.5. The van der Waals surface area contributed by atoms with Gasteiger partial charge in [-0.15, -0.1) is 13.2 Å². The second kappa shape index (κ2) is 70.4. The first-order chi connectivity index (χ1) is 48.0. The Kier molecular flexibility index (Phi) is 68.5. The van der Waals surface area contributed by atoms with Crippen molar-refractivity contribution in [1.82, 2.24) is 0 Å². The van der Waals surface area contributed by atoms with Gasteiger partial charge in [0.2, 0.25) is 0 Å². The smallest absolute Gasteiger partial charge is 0.347 e. The van der Waals surface area contributed by atoms with Crippen LogP contribution in [0.5, 0.6) is 0 Å². The van der Waals surface area contributed by atoms with Crippen LogP contribution < -0.4 is 0 Å². The number of hydrogen-bond donors (Lipinski definition) is 2. The van der Waals surface area contributed by atoms with Crippen molar-refractivity contribution in [3.63, 3.8) is 0 Å². The van der Waals surface area contributed by atoms with Gasteiger partial charge in [-0.25, -0.2) is 19.2 Å². The zero-order valence-corrected chi connectivity index (χ0v) is 63.5. The third-order valence-corrected chi connectivity index (χ3v) is 17.0. The van der Waals surface area contributed by atoms with E-state index in [0.29, 0.717) is 103 Å². The Labute approximate surface area is 598 Å². The van der Waals surface area contributed by atoms with E-state index in [4.69, 9.17) is 67.1 Å². The van der Waals surface area contributed by atoms with Gasteiger partial charge in [0.1, 0.15) is 26.4 Å². The van der Waals surface area contributed by atoms with Gasteiger partial charge in [0, 0.05) is 41.2 Å². The first-order valence-electron chi connectivity index (χ1n) is 36.8. The molecule has 0 radical (unpaired) electrons. The fraction of sp³-hybridized carbons (Fsp3) is 0.747. The van der Waals surface area contributed by atoms with E-state index in [9.17, 15) is 19.2 Å². The molecule has 0 aromatic heterocycles. The largest absolute Gasteiger partial charge is 0.461 e. The van der Waals surface area contributed by atoms with Gasteiger partial charge >= 0.3 is 23.9 Å². The van der Waals surface area contributed by atoms with Crippen LogP contribution in [0.2, 0.25) is 0 Å². The number of aliphatic hydroxyl groups is 2. The highest BCUT2D eigenvalue weighted by Crippen LogP contribution is 2.36. The summed E-state index contributed by atoms with van der Waals surface area (Å²) in [4.78, 5) is 44.3. The van der Waals surface area contributed by atoms with Crippen molar-refractivity contribution in [3.05, 3.63) is 97.1 Å². The maximum absolute atomic E-state index is 11.4. The summed E-state index contributed by atoms with van der Waals surface area (Å²) in [5, 5.41) is 16.9. The van der Waals surface area contributed by atoms with Crippen molar-refractivity contribution in [1.29, 1.82) is 0 Å². The van der Waals surface area contributed by atoms with Gasteiger partial charge in [-0.2, -0.15) is 0 Å². The number of benzene rings is 2. The SMILES string of the molecule is C=CC(CCOCCOCCOC)CC(C=C)CC(C)CC.CC(OC(=O)CO)C(=O)OCCOCCOC(=O)C(C)OC(=O)CO.CCC(C)CC(CC)CC(CC)CCOCCOCCOC.CCCCCC(CC(CCOCCOCCOC)c1ccccc1)c1ccccc1. The summed E-state index contributed by atoms with van der Waals surface area (Å²) in [5.41, 5.74) is 2.90. The van der Waals surface area contributed by atoms with E-state index in [2.05, 4.69) is 144 Å². The molecule has 0 amide bonds. The molecule has 2 rings (SSSR count). The Morgan fingerprint density at radius 3 is 1.15 bits per heavy atom. The second-order valence-corrected chi connectivity index (χ2v) is 25.0. The van der Waals surface area contributed by atoms with E-state index < -0.39 is 49.3 Å². The number of carbonyl (C=O) groups is 4. The molecule has 0 aliphatic heterocycles. The summed E-state index contributed by atoms with van der Waals surface area (Å²) in [6.07, 6.45) is 21.6. The first-order valence-corrected chi connectivity index (χ1v) is 36.8. The zero-order valence-electron chi connectivity index (χ0n) is 63.5. The van der Waals surface area contributed by atoms with E-state index in [0.717, 1.165) is 62.8 Å². The third-order valence-electron chi connectivity index (χ3n) is 17.0. The number of ether oxygens (including phenoxy) is 14. The van der Waals surface area contributed by atoms with Crippen molar-refractivity contribution in [2.75, 3.05) is 160 Å². The molecule has 20 heteroatoms. The molecule has 0 saturated carbocycles. The van der Waals surface area contributed by atoms with Crippen molar-refractivity contribution in [3.8, 4) is 0 Å². The van der Waals surface area contributed by atoms with Gasteiger partial charge in [-0.3, -0.25) is 0 Å². The minimum atomic E-state index is -1.15. The fourth-order valence-electron chi connectivity index (χ4n) is 10.5. The van der Waals surface area contributed by atoms with Crippen molar-refractivity contribution in [2.45, 2.75) is 189 Å². The molecule has 10 atom stereocenters. The van der Waals surface area contributed by atoms with Crippen molar-refractivity contribution < 1.29 is 95.7 Å². The Hall–Kier alpha value is -4.68. The number of rotatable bonds is 61. The predicted octanol–water partition coefficient (Wildman–Crippen LogP) is 14.0. The summed E-state index contributed by atoms with van der Waals surface area (Å²) >= 11 is 0. The molecule has 0 aliphatic rings. The van der Waals surface area contributed by atoms with Crippen LogP contribution in [0.15, 0.2) is 86.0 Å². The van der Waals surface area contributed by atoms with Crippen LogP contribution >= 0.6 is 0 Å². The van der Waals surface area contributed by atoms with Gasteiger partial charge < -0.3 is 76.5 Å². The monoisotopic (exact) mass is 1410 g/mol. The number of carbonyl (C=O) groups excluding carboxylic acids is 4. The van der Waals surface area contributed by atoms with E-state index >= 15 is 0 Å². The van der Waals surface area contributed by atoms with Crippen LogP contribution in [0.3, 0.4) is 0 Å². The average Bonchev–Trinajstić information content (AvgIpc) is 1.38. The molecule has 2 aromatic carbocycles. The third kappa shape index (κ3) is 57.5. The Bertz CT molecular complexity index is 2100. The van der Waals surface area contributed by atoms with Gasteiger partial charge in [0.25, 0.3) is 0 Å². The molecule has 0 spiro atoms. The molecule has 2 N–H and O–H groups in total. The van der Waals surface area contributed by atoms with Crippen LogP contribution in [0, 0.1) is 35.5 Å². The van der Waals surface area contributed by atoms with Crippen LogP contribution in [-0.4, -0.2) is 206 Å². The summed E-state index contributed by atoms with van der Waals surface area (Å²) in [6.45, 7) is 35.0. The lowest BCUT2D eigenvalue weighted by Crippen LogP contribution is -2.29. The molecule has 0 fully saturated rings. The maximum Gasteiger partial charge on any atom is 0.347 e. The lowest BCUT2D eigenvalue weighted by atomic mass is 9.81. The molecule has 0 saturated heterocycles. The molecule has 2 aromatic rings. The predicted molar refractivity (Wildman–Crippen MR) is 392 cm³/mol. The highest BCUT2D eigenvalue weighted by molar-refractivity contribution is 5.80. The quantitative estimate of drug-likeness (QED) is 0.0271. The van der Waals surface area contributed by atoms with E-state index in [1.807, 2.05) is 0 Å². The van der Waals surface area contributed by atoms with Crippen molar-refractivity contribution >= 4 is 23.9 Å². The van der Waals surface area contributed by atoms with Crippen molar-refractivity contribution in [2.24, 2.45) is 35.5 Å². The summed E-state index contributed by atoms with van der Waals surface area (Å²) in [7, 11) is 5.05. The Morgan fingerprint density at radius 1 is 0.394 bits per heavy atom. The molecule has 20 nitrogen and oxygen atoms in total. The number of aliphatic hydroxyl groups excluding tert-OH is 2. The lowest BCUT2D eigenvalue weighted by Gasteiger charge is -2.25. The highest BCUT2D eigenvalue weighted by Gasteiger charge is 2.23.